The highest BCUT2D eigenvalue weighted by molar-refractivity contribution is 9.10. The smallest absolute Gasteiger partial charge is 0.338 e. The highest BCUT2D eigenvalue weighted by Crippen LogP contribution is 2.15. The van der Waals surface area contributed by atoms with Crippen LogP contribution in [0.15, 0.2) is 46.9 Å². The lowest BCUT2D eigenvalue weighted by Gasteiger charge is -2.07. The summed E-state index contributed by atoms with van der Waals surface area (Å²) in [7, 11) is 0. The Labute approximate surface area is 145 Å². The summed E-state index contributed by atoms with van der Waals surface area (Å²) in [6, 6.07) is 10.7. The van der Waals surface area contributed by atoms with Gasteiger partial charge < -0.3 is 10.1 Å². The van der Waals surface area contributed by atoms with Crippen LogP contribution in [0.25, 0.3) is 0 Å². The summed E-state index contributed by atoms with van der Waals surface area (Å²) in [6.45, 7) is -0.238. The van der Waals surface area contributed by atoms with Gasteiger partial charge in [-0.3, -0.25) is 4.79 Å². The number of hydrogen-bond acceptors (Lipinski definition) is 3. The molecule has 0 fully saturated rings. The molecule has 0 bridgehead atoms. The van der Waals surface area contributed by atoms with Gasteiger partial charge >= 0.3 is 5.97 Å². The Hall–Kier alpha value is -1.92. The van der Waals surface area contributed by atoms with Crippen LogP contribution in [-0.4, -0.2) is 18.5 Å². The van der Waals surface area contributed by atoms with E-state index in [1.54, 1.807) is 24.3 Å². The van der Waals surface area contributed by atoms with Crippen molar-refractivity contribution < 1.29 is 18.7 Å². The van der Waals surface area contributed by atoms with Crippen LogP contribution >= 0.6 is 27.5 Å². The normalized spacial score (nSPS) is 10.2. The number of carbonyl (C=O) groups excluding carboxylic acids is 2. The molecule has 0 radical (unpaired) electrons. The SMILES string of the molecule is O=C(COC(=O)c1ccc(Br)cc1)NCc1ccc(F)c(Cl)c1. The molecule has 0 saturated carbocycles. The van der Waals surface area contributed by atoms with Gasteiger partial charge in [-0.15, -0.1) is 0 Å². The predicted octanol–water partition coefficient (Wildman–Crippen LogP) is 3.71. The Bertz CT molecular complexity index is 722. The number of esters is 1. The molecule has 0 aliphatic heterocycles. The van der Waals surface area contributed by atoms with Crippen molar-refractivity contribution in [2.75, 3.05) is 6.61 Å². The third kappa shape index (κ3) is 5.33. The molecule has 4 nitrogen and oxygen atoms in total. The van der Waals surface area contributed by atoms with Crippen LogP contribution in [-0.2, 0) is 16.1 Å². The zero-order valence-electron chi connectivity index (χ0n) is 11.8. The number of ether oxygens (including phenoxy) is 1. The van der Waals surface area contributed by atoms with Gasteiger partial charge in [0.25, 0.3) is 5.91 Å². The first kappa shape index (κ1) is 17.4. The molecule has 0 saturated heterocycles. The van der Waals surface area contributed by atoms with E-state index < -0.39 is 24.3 Å². The average Bonchev–Trinajstić information content (AvgIpc) is 2.54. The van der Waals surface area contributed by atoms with Crippen LogP contribution in [0, 0.1) is 5.82 Å². The molecule has 120 valence electrons. The van der Waals surface area contributed by atoms with Crippen molar-refractivity contribution in [2.45, 2.75) is 6.54 Å². The van der Waals surface area contributed by atoms with Crippen LogP contribution in [0.2, 0.25) is 5.02 Å². The largest absolute Gasteiger partial charge is 0.452 e. The molecular weight excluding hydrogens is 389 g/mol. The number of hydrogen-bond donors (Lipinski definition) is 1. The van der Waals surface area contributed by atoms with Crippen LogP contribution < -0.4 is 5.32 Å². The van der Waals surface area contributed by atoms with Crippen LogP contribution in [0.5, 0.6) is 0 Å². The first-order valence-corrected chi connectivity index (χ1v) is 7.76. The zero-order chi connectivity index (χ0) is 16.8. The summed E-state index contributed by atoms with van der Waals surface area (Å²) in [4.78, 5) is 23.4. The van der Waals surface area contributed by atoms with Crippen LogP contribution in [0.3, 0.4) is 0 Å². The van der Waals surface area contributed by atoms with E-state index >= 15 is 0 Å². The maximum atomic E-state index is 13.0. The molecule has 0 aliphatic rings. The van der Waals surface area contributed by atoms with Gasteiger partial charge in [-0.1, -0.05) is 33.6 Å². The maximum absolute atomic E-state index is 13.0. The quantitative estimate of drug-likeness (QED) is 0.779. The fourth-order valence-electron chi connectivity index (χ4n) is 1.70. The summed E-state index contributed by atoms with van der Waals surface area (Å²) >= 11 is 8.91. The van der Waals surface area contributed by atoms with Crippen molar-refractivity contribution >= 4 is 39.4 Å². The van der Waals surface area contributed by atoms with E-state index in [0.29, 0.717) is 11.1 Å². The lowest BCUT2D eigenvalue weighted by molar-refractivity contribution is -0.124. The maximum Gasteiger partial charge on any atom is 0.338 e. The number of nitrogens with one attached hydrogen (secondary N) is 1. The molecule has 0 atom stereocenters. The van der Waals surface area contributed by atoms with Gasteiger partial charge in [0.15, 0.2) is 6.61 Å². The lowest BCUT2D eigenvalue weighted by atomic mass is 10.2. The molecule has 0 aliphatic carbocycles. The second-order valence-corrected chi connectivity index (χ2v) is 5.93. The van der Waals surface area contributed by atoms with Gasteiger partial charge in [0.2, 0.25) is 0 Å². The van der Waals surface area contributed by atoms with E-state index in [-0.39, 0.29) is 11.6 Å². The minimum absolute atomic E-state index is 0.0154. The fourth-order valence-corrected chi connectivity index (χ4v) is 2.17. The van der Waals surface area contributed by atoms with E-state index in [2.05, 4.69) is 21.2 Å². The first-order chi connectivity index (χ1) is 11.0. The number of rotatable bonds is 5. The van der Waals surface area contributed by atoms with E-state index in [4.69, 9.17) is 16.3 Å². The summed E-state index contributed by atoms with van der Waals surface area (Å²) in [5.41, 5.74) is 0.996. The third-order valence-electron chi connectivity index (χ3n) is 2.89. The topological polar surface area (TPSA) is 55.4 Å². The monoisotopic (exact) mass is 399 g/mol. The molecule has 2 rings (SSSR count). The zero-order valence-corrected chi connectivity index (χ0v) is 14.2. The molecule has 1 N–H and O–H groups in total. The summed E-state index contributed by atoms with van der Waals surface area (Å²) in [5.74, 6) is -1.57. The highest BCUT2D eigenvalue weighted by Gasteiger charge is 2.10. The molecule has 7 heteroatoms. The Morgan fingerprint density at radius 3 is 2.52 bits per heavy atom. The van der Waals surface area contributed by atoms with Crippen molar-refractivity contribution in [1.29, 1.82) is 0 Å². The van der Waals surface area contributed by atoms with E-state index in [0.717, 1.165) is 4.47 Å². The second-order valence-electron chi connectivity index (χ2n) is 4.61. The second kappa shape index (κ2) is 8.08. The third-order valence-corrected chi connectivity index (χ3v) is 3.71. The standard InChI is InChI=1S/C16H12BrClFNO3/c17-12-4-2-11(3-5-12)16(22)23-9-15(21)20-8-10-1-6-14(19)13(18)7-10/h1-7H,8-9H2,(H,20,21). The number of benzene rings is 2. The Morgan fingerprint density at radius 2 is 1.87 bits per heavy atom. The van der Waals surface area contributed by atoms with Crippen molar-refractivity contribution in [3.05, 3.63) is 68.9 Å². The molecule has 2 aromatic carbocycles. The summed E-state index contributed by atoms with van der Waals surface area (Å²) in [5, 5.41) is 2.54. The summed E-state index contributed by atoms with van der Waals surface area (Å²) < 4.78 is 18.8. The van der Waals surface area contributed by atoms with E-state index in [1.807, 2.05) is 0 Å². The Balaban J connectivity index is 1.79. The van der Waals surface area contributed by atoms with Gasteiger partial charge in [0.1, 0.15) is 5.82 Å². The molecule has 0 unspecified atom stereocenters. The first-order valence-electron chi connectivity index (χ1n) is 6.59. The van der Waals surface area contributed by atoms with Crippen LogP contribution in [0.4, 0.5) is 4.39 Å². The van der Waals surface area contributed by atoms with Crippen molar-refractivity contribution in [3.8, 4) is 0 Å². The van der Waals surface area contributed by atoms with Gasteiger partial charge in [-0.05, 0) is 42.0 Å². The van der Waals surface area contributed by atoms with Gasteiger partial charge in [-0.25, -0.2) is 9.18 Å². The minimum atomic E-state index is -0.586. The van der Waals surface area contributed by atoms with Gasteiger partial charge in [0, 0.05) is 11.0 Å². The molecule has 23 heavy (non-hydrogen) atoms. The molecule has 1 amide bonds. The van der Waals surface area contributed by atoms with Crippen LogP contribution in [0.1, 0.15) is 15.9 Å². The average molecular weight is 401 g/mol. The number of carbonyl (C=O) groups is 2. The predicted molar refractivity (Wildman–Crippen MR) is 87.7 cm³/mol. The molecular formula is C16H12BrClFNO3. The van der Waals surface area contributed by atoms with Gasteiger partial charge in [-0.2, -0.15) is 0 Å². The molecule has 0 aromatic heterocycles. The van der Waals surface area contributed by atoms with Gasteiger partial charge in [0.05, 0.1) is 10.6 Å². The minimum Gasteiger partial charge on any atom is -0.452 e. The molecule has 0 spiro atoms. The van der Waals surface area contributed by atoms with Crippen molar-refractivity contribution in [2.24, 2.45) is 0 Å². The summed E-state index contributed by atoms with van der Waals surface area (Å²) in [6.07, 6.45) is 0. The van der Waals surface area contributed by atoms with Crippen molar-refractivity contribution in [1.82, 2.24) is 5.32 Å². The Morgan fingerprint density at radius 1 is 1.17 bits per heavy atom. The lowest BCUT2D eigenvalue weighted by Crippen LogP contribution is -2.28. The molecule has 0 heterocycles. The number of amides is 1. The van der Waals surface area contributed by atoms with E-state index in [9.17, 15) is 14.0 Å². The van der Waals surface area contributed by atoms with E-state index in [1.165, 1.54) is 18.2 Å². The fraction of sp³-hybridized carbons (Fsp3) is 0.125. The highest BCUT2D eigenvalue weighted by atomic mass is 79.9. The Kier molecular flexibility index (Phi) is 6.12. The number of halogens is 3. The molecule has 2 aromatic rings. The van der Waals surface area contributed by atoms with Crippen molar-refractivity contribution in [3.63, 3.8) is 0 Å².